The first-order valence-electron chi connectivity index (χ1n) is 10.3. The highest BCUT2D eigenvalue weighted by Gasteiger charge is 2.23. The summed E-state index contributed by atoms with van der Waals surface area (Å²) in [5.74, 6) is 0.615. The molecule has 154 valence electrons. The van der Waals surface area contributed by atoms with E-state index in [4.69, 9.17) is 4.74 Å². The van der Waals surface area contributed by atoms with Gasteiger partial charge in [-0.25, -0.2) is 4.79 Å². The van der Waals surface area contributed by atoms with Crippen molar-refractivity contribution >= 4 is 6.09 Å². The Hall–Kier alpha value is -2.11. The summed E-state index contributed by atoms with van der Waals surface area (Å²) in [4.78, 5) is 12.3. The van der Waals surface area contributed by atoms with Gasteiger partial charge in [-0.1, -0.05) is 68.0 Å². The Balaban J connectivity index is 1.87. The number of carbonyl (C=O) groups excluding carboxylic acids is 1. The monoisotopic (exact) mass is 386 g/mol. The maximum absolute atomic E-state index is 12.3. The lowest BCUT2D eigenvalue weighted by Gasteiger charge is -2.25. The lowest BCUT2D eigenvalue weighted by molar-refractivity contribution is 0.101. The van der Waals surface area contributed by atoms with E-state index in [1.54, 1.807) is 0 Å². The fourth-order valence-electron chi connectivity index (χ4n) is 3.06. The van der Waals surface area contributed by atoms with Gasteiger partial charge in [0.1, 0.15) is 6.61 Å². The van der Waals surface area contributed by atoms with E-state index in [-0.39, 0.29) is 6.61 Å². The summed E-state index contributed by atoms with van der Waals surface area (Å²) < 4.78 is 5.34. The number of alkyl carbamates (subject to hydrolysis) is 1. The summed E-state index contributed by atoms with van der Waals surface area (Å²) in [6.45, 7) is 5.85. The van der Waals surface area contributed by atoms with Crippen LogP contribution in [0.25, 0.3) is 0 Å². The summed E-state index contributed by atoms with van der Waals surface area (Å²) in [7, 11) is 0. The van der Waals surface area contributed by atoms with Gasteiger partial charge in [-0.2, -0.15) is 0 Å². The number of allylic oxidation sites excluding steroid dienone is 3. The van der Waals surface area contributed by atoms with Crippen LogP contribution in [0, 0.1) is 5.92 Å². The molecule has 1 aliphatic carbocycles. The molecular weight excluding hydrogens is 352 g/mol. The molecule has 1 aromatic rings. The molecule has 3 N–H and O–H groups in total. The number of hydrogen-bond donors (Lipinski definition) is 3. The van der Waals surface area contributed by atoms with Crippen LogP contribution < -0.4 is 10.6 Å². The van der Waals surface area contributed by atoms with Crippen LogP contribution >= 0.6 is 0 Å². The van der Waals surface area contributed by atoms with Crippen molar-refractivity contribution in [3.8, 4) is 0 Å². The highest BCUT2D eigenvalue weighted by Crippen LogP contribution is 2.17. The highest BCUT2D eigenvalue weighted by molar-refractivity contribution is 5.67. The van der Waals surface area contributed by atoms with Crippen molar-refractivity contribution in [3.63, 3.8) is 0 Å². The summed E-state index contributed by atoms with van der Waals surface area (Å²) in [6.07, 6.45) is 8.87. The molecule has 0 aliphatic heterocycles. The number of rotatable bonds is 11. The molecule has 0 heterocycles. The lowest BCUT2D eigenvalue weighted by atomic mass is 9.97. The fraction of sp³-hybridized carbons (Fsp3) is 0.522. The maximum atomic E-state index is 12.3. The van der Waals surface area contributed by atoms with Gasteiger partial charge in [0, 0.05) is 6.54 Å². The minimum absolute atomic E-state index is 0.213. The number of aliphatic hydroxyl groups excluding tert-OH is 1. The Morgan fingerprint density at radius 2 is 2.00 bits per heavy atom. The fourth-order valence-corrected chi connectivity index (χ4v) is 3.06. The molecule has 1 aromatic carbocycles. The van der Waals surface area contributed by atoms with Gasteiger partial charge < -0.3 is 20.5 Å². The molecule has 0 unspecified atom stereocenters. The summed E-state index contributed by atoms with van der Waals surface area (Å²) in [6, 6.07) is 9.17. The molecule has 0 saturated heterocycles. The van der Waals surface area contributed by atoms with Crippen LogP contribution in [0.5, 0.6) is 0 Å². The number of amides is 1. The number of ether oxygens (including phenoxy) is 1. The minimum Gasteiger partial charge on any atom is -0.445 e. The lowest BCUT2D eigenvalue weighted by Crippen LogP contribution is -2.48. The van der Waals surface area contributed by atoms with E-state index >= 15 is 0 Å². The number of carbonyl (C=O) groups is 1. The first-order chi connectivity index (χ1) is 13.5. The summed E-state index contributed by atoms with van der Waals surface area (Å²) in [5, 5.41) is 16.8. The van der Waals surface area contributed by atoms with E-state index < -0.39 is 18.2 Å². The highest BCUT2D eigenvalue weighted by atomic mass is 16.5. The predicted octanol–water partition coefficient (Wildman–Crippen LogP) is 3.94. The number of hydrogen-bond acceptors (Lipinski definition) is 4. The van der Waals surface area contributed by atoms with Crippen LogP contribution in [0.1, 0.15) is 45.1 Å². The SMILES string of the molecule is CC(C)CCNC[C@@H](O)[C@H](CC1=CCCC=C1)NC(=O)OCc1ccccc1. The smallest absolute Gasteiger partial charge is 0.407 e. The average molecular weight is 387 g/mol. The van der Waals surface area contributed by atoms with E-state index in [2.05, 4.69) is 42.7 Å². The van der Waals surface area contributed by atoms with Crippen molar-refractivity contribution in [1.82, 2.24) is 10.6 Å². The Labute approximate surface area is 168 Å². The van der Waals surface area contributed by atoms with Crippen molar-refractivity contribution in [2.45, 2.75) is 58.3 Å². The molecule has 0 radical (unpaired) electrons. The first kappa shape index (κ1) is 22.2. The predicted molar refractivity (Wildman–Crippen MR) is 113 cm³/mol. The Morgan fingerprint density at radius 3 is 2.68 bits per heavy atom. The van der Waals surface area contributed by atoms with Crippen molar-refractivity contribution in [2.24, 2.45) is 5.92 Å². The standard InChI is InChI=1S/C23H34N2O3/c1-18(2)13-14-24-16-22(26)21(15-19-9-5-3-6-10-19)25-23(27)28-17-20-11-7-4-8-12-20/h4-5,7-12,18,21-22,24,26H,3,6,13-17H2,1-2H3,(H,25,27)/t21-,22+/m0/s1. The van der Waals surface area contributed by atoms with Gasteiger partial charge >= 0.3 is 6.09 Å². The molecule has 5 nitrogen and oxygen atoms in total. The van der Waals surface area contributed by atoms with Crippen LogP contribution in [0.4, 0.5) is 4.79 Å². The summed E-state index contributed by atoms with van der Waals surface area (Å²) in [5.41, 5.74) is 2.07. The Kier molecular flexibility index (Phi) is 9.80. The van der Waals surface area contributed by atoms with Gasteiger partial charge in [-0.15, -0.1) is 0 Å². The molecule has 0 saturated carbocycles. The van der Waals surface area contributed by atoms with Crippen LogP contribution in [0.15, 0.2) is 54.1 Å². The third kappa shape index (κ3) is 8.72. The molecule has 28 heavy (non-hydrogen) atoms. The molecule has 2 rings (SSSR count). The molecule has 2 atom stereocenters. The average Bonchev–Trinajstić information content (AvgIpc) is 2.70. The minimum atomic E-state index is -0.687. The second-order valence-electron chi connectivity index (χ2n) is 7.73. The third-order valence-corrected chi connectivity index (χ3v) is 4.76. The van der Waals surface area contributed by atoms with Crippen LogP contribution in [-0.4, -0.2) is 36.4 Å². The van der Waals surface area contributed by atoms with Crippen LogP contribution in [-0.2, 0) is 11.3 Å². The van der Waals surface area contributed by atoms with Gasteiger partial charge in [0.25, 0.3) is 0 Å². The number of aliphatic hydroxyl groups is 1. The largest absolute Gasteiger partial charge is 0.445 e. The van der Waals surface area contributed by atoms with E-state index in [1.807, 2.05) is 30.3 Å². The van der Waals surface area contributed by atoms with Crippen molar-refractivity contribution < 1.29 is 14.6 Å². The maximum Gasteiger partial charge on any atom is 0.407 e. The molecule has 1 aliphatic rings. The van der Waals surface area contributed by atoms with Gasteiger partial charge in [-0.3, -0.25) is 0 Å². The van der Waals surface area contributed by atoms with Gasteiger partial charge in [0.2, 0.25) is 0 Å². The van der Waals surface area contributed by atoms with Gasteiger partial charge in [0.15, 0.2) is 0 Å². The Bertz CT molecular complexity index is 641. The molecule has 1 amide bonds. The van der Waals surface area contributed by atoms with Crippen molar-refractivity contribution in [1.29, 1.82) is 0 Å². The van der Waals surface area contributed by atoms with Crippen LogP contribution in [0.3, 0.4) is 0 Å². The quantitative estimate of drug-likeness (QED) is 0.504. The number of nitrogens with one attached hydrogen (secondary N) is 2. The van der Waals surface area contributed by atoms with Crippen LogP contribution in [0.2, 0.25) is 0 Å². The van der Waals surface area contributed by atoms with E-state index in [1.165, 1.54) is 0 Å². The molecule has 0 fully saturated rings. The van der Waals surface area contributed by atoms with Crippen molar-refractivity contribution in [3.05, 3.63) is 59.7 Å². The van der Waals surface area contributed by atoms with E-state index in [0.717, 1.165) is 36.9 Å². The first-order valence-corrected chi connectivity index (χ1v) is 10.3. The van der Waals surface area contributed by atoms with Crippen molar-refractivity contribution in [2.75, 3.05) is 13.1 Å². The molecule has 0 bridgehead atoms. The van der Waals surface area contributed by atoms with Gasteiger partial charge in [0.05, 0.1) is 12.1 Å². The summed E-state index contributed by atoms with van der Waals surface area (Å²) >= 11 is 0. The second kappa shape index (κ2) is 12.4. The Morgan fingerprint density at radius 1 is 1.21 bits per heavy atom. The molecular formula is C23H34N2O3. The van der Waals surface area contributed by atoms with Gasteiger partial charge in [-0.05, 0) is 43.7 Å². The van der Waals surface area contributed by atoms with E-state index in [9.17, 15) is 9.90 Å². The number of benzene rings is 1. The van der Waals surface area contributed by atoms with E-state index in [0.29, 0.717) is 18.9 Å². The molecule has 0 spiro atoms. The molecule has 5 heteroatoms. The zero-order chi connectivity index (χ0) is 20.2. The zero-order valence-corrected chi connectivity index (χ0v) is 17.1. The zero-order valence-electron chi connectivity index (χ0n) is 17.1. The normalized spacial score (nSPS) is 15.8. The topological polar surface area (TPSA) is 70.6 Å². The second-order valence-corrected chi connectivity index (χ2v) is 7.73. The third-order valence-electron chi connectivity index (χ3n) is 4.76. The molecule has 0 aromatic heterocycles.